The minimum absolute atomic E-state index is 0.227. The van der Waals surface area contributed by atoms with Crippen molar-refractivity contribution >= 4 is 51.3 Å². The zero-order valence-electron chi connectivity index (χ0n) is 14.2. The zero-order chi connectivity index (χ0) is 18.5. The third-order valence-electron chi connectivity index (χ3n) is 3.32. The third-order valence-corrected chi connectivity index (χ3v) is 4.48. The van der Waals surface area contributed by atoms with Crippen molar-refractivity contribution in [3.63, 3.8) is 0 Å². The molecule has 0 saturated carbocycles. The van der Waals surface area contributed by atoms with Gasteiger partial charge >= 0.3 is 0 Å². The van der Waals surface area contributed by atoms with Crippen molar-refractivity contribution in [3.8, 4) is 11.8 Å². The average molecular weight is 388 g/mol. The van der Waals surface area contributed by atoms with Gasteiger partial charge in [-0.3, -0.25) is 9.78 Å². The van der Waals surface area contributed by atoms with E-state index >= 15 is 0 Å². The molecule has 1 fully saturated rings. The van der Waals surface area contributed by atoms with Gasteiger partial charge in [0, 0.05) is 37.1 Å². The first-order chi connectivity index (χ1) is 12.6. The number of amides is 1. The summed E-state index contributed by atoms with van der Waals surface area (Å²) in [6, 6.07) is 1.80. The van der Waals surface area contributed by atoms with E-state index < -0.39 is 6.29 Å². The largest absolute Gasteiger partial charge is 0.455 e. The molecule has 0 bridgehead atoms. The molecule has 134 valence electrons. The molecule has 1 aliphatic rings. The summed E-state index contributed by atoms with van der Waals surface area (Å²) >= 11 is 6.19. The maximum Gasteiger partial charge on any atom is 0.263 e. The Hall–Kier alpha value is -2.18. The fourth-order valence-electron chi connectivity index (χ4n) is 2.26. The van der Waals surface area contributed by atoms with Gasteiger partial charge in [-0.25, -0.2) is 0 Å². The van der Waals surface area contributed by atoms with Gasteiger partial charge in [-0.2, -0.15) is 0 Å². The van der Waals surface area contributed by atoms with Crippen LogP contribution in [0.5, 0.6) is 0 Å². The summed E-state index contributed by atoms with van der Waals surface area (Å²) in [6.45, 7) is 4.76. The zero-order valence-corrected chi connectivity index (χ0v) is 15.8. The van der Waals surface area contributed by atoms with E-state index in [4.69, 9.17) is 26.1 Å². The first kappa shape index (κ1) is 18.6. The molecule has 6 nitrogen and oxygen atoms in total. The number of carbonyl (C=O) groups excluding carboxylic acids is 1. The smallest absolute Gasteiger partial charge is 0.263 e. The van der Waals surface area contributed by atoms with Crippen LogP contribution in [0.3, 0.4) is 0 Å². The number of pyridine rings is 1. The molecule has 3 rings (SSSR count). The number of hydrogen-bond acceptors (Lipinski definition) is 7. The third kappa shape index (κ3) is 4.31. The summed E-state index contributed by atoms with van der Waals surface area (Å²) in [7, 11) is 0. The van der Waals surface area contributed by atoms with E-state index in [1.54, 1.807) is 24.5 Å². The predicted molar refractivity (Wildman–Crippen MR) is 104 cm³/mol. The fraction of sp³-hybridized carbons (Fsp3) is 0.278. The molecule has 0 radical (unpaired) electrons. The Morgan fingerprint density at radius 1 is 1.38 bits per heavy atom. The van der Waals surface area contributed by atoms with Gasteiger partial charge in [0.25, 0.3) is 5.91 Å². The van der Waals surface area contributed by atoms with Gasteiger partial charge in [0.2, 0.25) is 6.29 Å². The van der Waals surface area contributed by atoms with Crippen molar-refractivity contribution in [1.82, 2.24) is 10.3 Å². The lowest BCUT2D eigenvalue weighted by molar-refractivity contribution is -0.115. The predicted octanol–water partition coefficient (Wildman–Crippen LogP) is 3.07. The minimum Gasteiger partial charge on any atom is -0.455 e. The van der Waals surface area contributed by atoms with Gasteiger partial charge in [0.1, 0.15) is 10.1 Å². The molecule has 8 heteroatoms. The number of fused-ring (bicyclic) bond motifs is 1. The monoisotopic (exact) mass is 388 g/mol. The molecule has 0 aliphatic carbocycles. The highest BCUT2D eigenvalue weighted by molar-refractivity contribution is 8.26. The van der Waals surface area contributed by atoms with E-state index in [1.807, 2.05) is 13.8 Å². The van der Waals surface area contributed by atoms with Crippen LogP contribution in [0.15, 0.2) is 27.8 Å². The maximum absolute atomic E-state index is 11.8. The van der Waals surface area contributed by atoms with Crippen LogP contribution in [-0.4, -0.2) is 34.7 Å². The Morgan fingerprint density at radius 2 is 2.15 bits per heavy atom. The highest BCUT2D eigenvalue weighted by atomic mass is 32.2. The molecule has 2 aromatic rings. The summed E-state index contributed by atoms with van der Waals surface area (Å²) in [4.78, 5) is 16.5. The van der Waals surface area contributed by atoms with E-state index in [0.29, 0.717) is 39.3 Å². The molecule has 3 heterocycles. The summed E-state index contributed by atoms with van der Waals surface area (Å²) in [5, 5.41) is 3.36. The lowest BCUT2D eigenvalue weighted by atomic mass is 10.2. The number of aromatic nitrogens is 1. The number of rotatable bonds is 5. The normalized spacial score (nSPS) is 15.6. The molecule has 0 aromatic carbocycles. The fourth-order valence-corrected chi connectivity index (χ4v) is 3.29. The SMILES string of the molecule is CCOC(C#Cc1cncc2cc(/C=C3/SC(=S)NC3=O)oc12)OCC. The van der Waals surface area contributed by atoms with Crippen molar-refractivity contribution in [3.05, 3.63) is 34.7 Å². The number of hydrogen-bond donors (Lipinski definition) is 1. The highest BCUT2D eigenvalue weighted by Gasteiger charge is 2.22. The molecular formula is C18H16N2O4S2. The lowest BCUT2D eigenvalue weighted by Gasteiger charge is -2.09. The van der Waals surface area contributed by atoms with E-state index in [0.717, 1.165) is 5.39 Å². The molecule has 0 unspecified atom stereocenters. The van der Waals surface area contributed by atoms with Gasteiger partial charge in [0.15, 0.2) is 5.58 Å². The summed E-state index contributed by atoms with van der Waals surface area (Å²) in [6.07, 6.45) is 4.36. The van der Waals surface area contributed by atoms with Crippen molar-refractivity contribution < 1.29 is 18.7 Å². The second-order valence-electron chi connectivity index (χ2n) is 5.12. The Balaban J connectivity index is 1.92. The van der Waals surface area contributed by atoms with Crippen molar-refractivity contribution in [2.24, 2.45) is 0 Å². The van der Waals surface area contributed by atoms with E-state index in [9.17, 15) is 4.79 Å². The van der Waals surface area contributed by atoms with Crippen molar-refractivity contribution in [2.45, 2.75) is 20.1 Å². The Kier molecular flexibility index (Phi) is 6.06. The summed E-state index contributed by atoms with van der Waals surface area (Å²) < 4.78 is 17.1. The Bertz CT molecular complexity index is 934. The number of carbonyl (C=O) groups is 1. The number of thioether (sulfide) groups is 1. The Morgan fingerprint density at radius 3 is 2.81 bits per heavy atom. The quantitative estimate of drug-likeness (QED) is 0.365. The maximum atomic E-state index is 11.8. The Labute approximate surface area is 160 Å². The number of nitrogens with zero attached hydrogens (tertiary/aromatic N) is 1. The van der Waals surface area contributed by atoms with Crippen LogP contribution in [0.2, 0.25) is 0 Å². The van der Waals surface area contributed by atoms with Gasteiger partial charge in [-0.05, 0) is 25.8 Å². The van der Waals surface area contributed by atoms with Crippen LogP contribution in [0.25, 0.3) is 17.0 Å². The van der Waals surface area contributed by atoms with Crippen LogP contribution < -0.4 is 5.32 Å². The molecule has 1 aliphatic heterocycles. The first-order valence-electron chi connectivity index (χ1n) is 7.97. The average Bonchev–Trinajstić information content (AvgIpc) is 3.15. The second-order valence-corrected chi connectivity index (χ2v) is 6.84. The lowest BCUT2D eigenvalue weighted by Crippen LogP contribution is -2.17. The van der Waals surface area contributed by atoms with Crippen LogP contribution >= 0.6 is 24.0 Å². The van der Waals surface area contributed by atoms with Crippen LogP contribution in [0.4, 0.5) is 0 Å². The van der Waals surface area contributed by atoms with Crippen LogP contribution in [0.1, 0.15) is 25.2 Å². The summed E-state index contributed by atoms with van der Waals surface area (Å²) in [5.74, 6) is 6.23. The van der Waals surface area contributed by atoms with Crippen LogP contribution in [-0.2, 0) is 14.3 Å². The number of thiocarbonyl (C=S) groups is 1. The second kappa shape index (κ2) is 8.47. The first-order valence-corrected chi connectivity index (χ1v) is 9.20. The number of furan rings is 1. The molecular weight excluding hydrogens is 372 g/mol. The molecule has 0 spiro atoms. The minimum atomic E-state index is -0.601. The number of ether oxygens (including phenoxy) is 2. The van der Waals surface area contributed by atoms with E-state index in [2.05, 4.69) is 22.1 Å². The molecule has 1 saturated heterocycles. The van der Waals surface area contributed by atoms with Crippen molar-refractivity contribution in [2.75, 3.05) is 13.2 Å². The van der Waals surface area contributed by atoms with Gasteiger partial charge in [0.05, 0.1) is 10.5 Å². The standard InChI is InChI=1S/C18H16N2O4S2/c1-3-22-15(23-4-2)6-5-11-9-19-10-12-7-13(24-16(11)12)8-14-17(21)20-18(25)26-14/h7-10,15H,3-4H2,1-2H3,(H,20,21,25)/b14-8+. The van der Waals surface area contributed by atoms with Crippen LogP contribution in [0, 0.1) is 11.8 Å². The molecule has 1 amide bonds. The van der Waals surface area contributed by atoms with E-state index in [1.165, 1.54) is 11.8 Å². The molecule has 0 atom stereocenters. The van der Waals surface area contributed by atoms with E-state index in [-0.39, 0.29) is 5.91 Å². The topological polar surface area (TPSA) is 73.6 Å². The van der Waals surface area contributed by atoms with Crippen molar-refractivity contribution in [1.29, 1.82) is 0 Å². The number of nitrogens with one attached hydrogen (secondary N) is 1. The van der Waals surface area contributed by atoms with Gasteiger partial charge in [-0.1, -0.05) is 29.9 Å². The molecule has 2 aromatic heterocycles. The molecule has 26 heavy (non-hydrogen) atoms. The van der Waals surface area contributed by atoms with Gasteiger partial charge in [-0.15, -0.1) is 0 Å². The molecule has 1 N–H and O–H groups in total. The summed E-state index contributed by atoms with van der Waals surface area (Å²) in [5.41, 5.74) is 1.22. The van der Waals surface area contributed by atoms with Gasteiger partial charge < -0.3 is 19.2 Å². The highest BCUT2D eigenvalue weighted by Crippen LogP contribution is 2.29.